The molecule has 1 aromatic carbocycles. The molecule has 0 unspecified atom stereocenters. The molecule has 4 nitrogen and oxygen atoms in total. The van der Waals surface area contributed by atoms with Crippen LogP contribution in [-0.4, -0.2) is 15.2 Å². The summed E-state index contributed by atoms with van der Waals surface area (Å²) in [5.74, 6) is 0.589. The third kappa shape index (κ3) is 2.62. The molecule has 1 aromatic heterocycles. The van der Waals surface area contributed by atoms with Crippen LogP contribution in [0.5, 0.6) is 0 Å². The summed E-state index contributed by atoms with van der Waals surface area (Å²) in [5, 5.41) is 11.1. The average Bonchev–Trinajstić information content (AvgIpc) is 2.40. The molecule has 0 saturated heterocycles. The molecule has 0 aliphatic carbocycles. The summed E-state index contributed by atoms with van der Waals surface area (Å²) in [4.78, 5) is 0.307. The van der Waals surface area contributed by atoms with Gasteiger partial charge in [-0.05, 0) is 24.1 Å². The first kappa shape index (κ1) is 12.4. The van der Waals surface area contributed by atoms with Crippen LogP contribution in [-0.2, 0) is 6.42 Å². The summed E-state index contributed by atoms with van der Waals surface area (Å²) in [6, 6.07) is 9.80. The van der Waals surface area contributed by atoms with Gasteiger partial charge in [0, 0.05) is 5.69 Å². The lowest BCUT2D eigenvalue weighted by Crippen LogP contribution is -2.13. The van der Waals surface area contributed by atoms with Crippen molar-refractivity contribution >= 4 is 28.7 Å². The SMILES string of the molecule is CCc1ccccc1Nc1nnccc1C(N)=S. The summed E-state index contributed by atoms with van der Waals surface area (Å²) in [5.41, 5.74) is 8.57. The number of thiocarbonyl (C=S) groups is 1. The first-order valence-electron chi connectivity index (χ1n) is 5.68. The number of nitrogens with two attached hydrogens (primary N) is 1. The van der Waals surface area contributed by atoms with Crippen molar-refractivity contribution in [1.82, 2.24) is 10.2 Å². The van der Waals surface area contributed by atoms with Crippen molar-refractivity contribution in [3.8, 4) is 0 Å². The summed E-state index contributed by atoms with van der Waals surface area (Å²) >= 11 is 5.00. The zero-order chi connectivity index (χ0) is 13.0. The Morgan fingerprint density at radius 1 is 1.33 bits per heavy atom. The quantitative estimate of drug-likeness (QED) is 0.825. The number of aromatic nitrogens is 2. The zero-order valence-corrected chi connectivity index (χ0v) is 10.9. The minimum atomic E-state index is 0.307. The van der Waals surface area contributed by atoms with Crippen molar-refractivity contribution in [3.63, 3.8) is 0 Å². The highest BCUT2D eigenvalue weighted by molar-refractivity contribution is 7.80. The smallest absolute Gasteiger partial charge is 0.163 e. The van der Waals surface area contributed by atoms with Gasteiger partial charge in [0.1, 0.15) is 4.99 Å². The predicted molar refractivity (Wildman–Crippen MR) is 77.0 cm³/mol. The van der Waals surface area contributed by atoms with E-state index in [-0.39, 0.29) is 0 Å². The van der Waals surface area contributed by atoms with Crippen LogP contribution in [0.1, 0.15) is 18.1 Å². The van der Waals surface area contributed by atoms with E-state index < -0.39 is 0 Å². The van der Waals surface area contributed by atoms with Crippen molar-refractivity contribution in [2.75, 3.05) is 5.32 Å². The fourth-order valence-electron chi connectivity index (χ4n) is 1.70. The molecule has 3 N–H and O–H groups in total. The molecule has 1 heterocycles. The number of para-hydroxylation sites is 1. The molecular weight excluding hydrogens is 244 g/mol. The predicted octanol–water partition coefficient (Wildman–Crippen LogP) is 2.42. The number of benzene rings is 1. The summed E-state index contributed by atoms with van der Waals surface area (Å²) in [7, 11) is 0. The van der Waals surface area contributed by atoms with Gasteiger partial charge in [-0.3, -0.25) is 0 Å². The van der Waals surface area contributed by atoms with E-state index >= 15 is 0 Å². The third-order valence-electron chi connectivity index (χ3n) is 2.64. The standard InChI is InChI=1S/C13H14N4S/c1-2-9-5-3-4-6-11(9)16-13-10(12(14)18)7-8-15-17-13/h3-8H,2H2,1H3,(H2,14,18)(H,16,17). The molecule has 0 bridgehead atoms. The lowest BCUT2D eigenvalue weighted by molar-refractivity contribution is 1.03. The summed E-state index contributed by atoms with van der Waals surface area (Å²) in [6.07, 6.45) is 2.51. The Balaban J connectivity index is 2.37. The lowest BCUT2D eigenvalue weighted by atomic mass is 10.1. The molecule has 0 aliphatic rings. The van der Waals surface area contributed by atoms with E-state index in [1.807, 2.05) is 18.2 Å². The van der Waals surface area contributed by atoms with E-state index in [9.17, 15) is 0 Å². The molecule has 0 amide bonds. The lowest BCUT2D eigenvalue weighted by Gasteiger charge is -2.12. The van der Waals surface area contributed by atoms with E-state index in [1.54, 1.807) is 12.3 Å². The first-order chi connectivity index (χ1) is 8.72. The second-order valence-electron chi connectivity index (χ2n) is 3.79. The molecule has 0 spiro atoms. The number of hydrogen-bond donors (Lipinski definition) is 2. The van der Waals surface area contributed by atoms with Gasteiger partial charge in [-0.1, -0.05) is 37.3 Å². The zero-order valence-electron chi connectivity index (χ0n) is 10.1. The van der Waals surface area contributed by atoms with Gasteiger partial charge in [0.15, 0.2) is 5.82 Å². The van der Waals surface area contributed by atoms with Crippen LogP contribution in [0.25, 0.3) is 0 Å². The van der Waals surface area contributed by atoms with Crippen LogP contribution < -0.4 is 11.1 Å². The van der Waals surface area contributed by atoms with Crippen LogP contribution >= 0.6 is 12.2 Å². The van der Waals surface area contributed by atoms with Gasteiger partial charge in [-0.15, -0.1) is 5.10 Å². The molecule has 18 heavy (non-hydrogen) atoms. The van der Waals surface area contributed by atoms with E-state index in [0.717, 1.165) is 12.1 Å². The van der Waals surface area contributed by atoms with Crippen molar-refractivity contribution in [2.24, 2.45) is 5.73 Å². The fourth-order valence-corrected chi connectivity index (χ4v) is 1.87. The Kier molecular flexibility index (Phi) is 3.84. The highest BCUT2D eigenvalue weighted by atomic mass is 32.1. The normalized spacial score (nSPS) is 10.1. The largest absolute Gasteiger partial charge is 0.389 e. The summed E-state index contributed by atoms with van der Waals surface area (Å²) < 4.78 is 0. The van der Waals surface area contributed by atoms with Gasteiger partial charge in [-0.25, -0.2) is 0 Å². The van der Waals surface area contributed by atoms with Gasteiger partial charge in [-0.2, -0.15) is 5.10 Å². The molecule has 2 aromatic rings. The minimum absolute atomic E-state index is 0.307. The summed E-state index contributed by atoms with van der Waals surface area (Å²) in [6.45, 7) is 2.10. The Labute approximate surface area is 111 Å². The monoisotopic (exact) mass is 258 g/mol. The third-order valence-corrected chi connectivity index (χ3v) is 2.86. The molecule has 0 fully saturated rings. The molecule has 0 aliphatic heterocycles. The maximum absolute atomic E-state index is 5.66. The Morgan fingerprint density at radius 3 is 2.83 bits per heavy atom. The molecule has 5 heteroatoms. The number of anilines is 2. The second kappa shape index (κ2) is 5.55. The molecular formula is C13H14N4S. The van der Waals surface area contributed by atoms with Gasteiger partial charge >= 0.3 is 0 Å². The van der Waals surface area contributed by atoms with Gasteiger partial charge < -0.3 is 11.1 Å². The minimum Gasteiger partial charge on any atom is -0.389 e. The molecule has 0 atom stereocenters. The average molecular weight is 258 g/mol. The highest BCUT2D eigenvalue weighted by Gasteiger charge is 2.08. The van der Waals surface area contributed by atoms with E-state index in [2.05, 4.69) is 28.5 Å². The van der Waals surface area contributed by atoms with E-state index in [1.165, 1.54) is 5.56 Å². The van der Waals surface area contributed by atoms with Gasteiger partial charge in [0.25, 0.3) is 0 Å². The number of aryl methyl sites for hydroxylation is 1. The van der Waals surface area contributed by atoms with Crippen molar-refractivity contribution in [3.05, 3.63) is 47.7 Å². The number of rotatable bonds is 4. The van der Waals surface area contributed by atoms with Crippen molar-refractivity contribution in [1.29, 1.82) is 0 Å². The van der Waals surface area contributed by atoms with Crippen LogP contribution in [0.3, 0.4) is 0 Å². The Morgan fingerprint density at radius 2 is 2.11 bits per heavy atom. The number of nitrogens with zero attached hydrogens (tertiary/aromatic N) is 2. The first-order valence-corrected chi connectivity index (χ1v) is 6.09. The van der Waals surface area contributed by atoms with Crippen molar-refractivity contribution < 1.29 is 0 Å². The van der Waals surface area contributed by atoms with Crippen LogP contribution in [0.2, 0.25) is 0 Å². The highest BCUT2D eigenvalue weighted by Crippen LogP contribution is 2.21. The van der Waals surface area contributed by atoms with Crippen LogP contribution in [0.15, 0.2) is 36.5 Å². The van der Waals surface area contributed by atoms with Crippen LogP contribution in [0, 0.1) is 0 Å². The molecule has 92 valence electrons. The van der Waals surface area contributed by atoms with Gasteiger partial charge in [0.05, 0.1) is 11.8 Å². The number of nitrogens with one attached hydrogen (secondary N) is 1. The van der Waals surface area contributed by atoms with Gasteiger partial charge in [0.2, 0.25) is 0 Å². The molecule has 0 radical (unpaired) electrons. The Bertz CT molecular complexity index is 568. The van der Waals surface area contributed by atoms with Crippen molar-refractivity contribution in [2.45, 2.75) is 13.3 Å². The fraction of sp³-hybridized carbons (Fsp3) is 0.154. The Hall–Kier alpha value is -2.01. The maximum Gasteiger partial charge on any atom is 0.163 e. The molecule has 0 saturated carbocycles. The molecule has 2 rings (SSSR count). The maximum atomic E-state index is 5.66. The second-order valence-corrected chi connectivity index (χ2v) is 4.23. The van der Waals surface area contributed by atoms with E-state index in [0.29, 0.717) is 16.4 Å². The van der Waals surface area contributed by atoms with Crippen LogP contribution in [0.4, 0.5) is 11.5 Å². The van der Waals surface area contributed by atoms with E-state index in [4.69, 9.17) is 18.0 Å². The topological polar surface area (TPSA) is 63.8 Å². The number of hydrogen-bond acceptors (Lipinski definition) is 4.